The quantitative estimate of drug-likeness (QED) is 0.711. The largest absolute Gasteiger partial charge is 0.393 e. The molecule has 3 rings (SSSR count). The molecule has 0 saturated heterocycles. The summed E-state index contributed by atoms with van der Waals surface area (Å²) in [5.74, 6) is 0. The van der Waals surface area contributed by atoms with Crippen molar-refractivity contribution >= 4 is 13.6 Å². The highest BCUT2D eigenvalue weighted by Crippen LogP contribution is 2.56. The fourth-order valence-corrected chi connectivity index (χ4v) is 6.67. The van der Waals surface area contributed by atoms with Crippen LogP contribution in [-0.4, -0.2) is 19.3 Å². The normalized spacial score (nSPS) is 28.4. The van der Waals surface area contributed by atoms with Crippen molar-refractivity contribution in [2.24, 2.45) is 5.41 Å². The Hall–Kier alpha value is -1.12. The standard InChI is InChI=1S/C21H30OSi/c1-14-8-7-9-16(10-14)20-15(2)18-11-17(22)12-21(18,3)13-19(20)23(4,5)6/h7-10,17,22H,11-13H2,1-6H3/t17-,21+/m0/s1. The van der Waals surface area contributed by atoms with E-state index in [1.54, 1.807) is 5.20 Å². The lowest BCUT2D eigenvalue weighted by atomic mass is 9.72. The van der Waals surface area contributed by atoms with Gasteiger partial charge in [-0.05, 0) is 55.2 Å². The van der Waals surface area contributed by atoms with Gasteiger partial charge in [0.2, 0.25) is 0 Å². The molecule has 1 aromatic rings. The molecule has 1 aromatic carbocycles. The first-order valence-electron chi connectivity index (χ1n) is 8.81. The molecule has 0 radical (unpaired) electrons. The number of aryl methyl sites for hydroxylation is 1. The van der Waals surface area contributed by atoms with Crippen molar-refractivity contribution in [2.45, 2.75) is 65.8 Å². The van der Waals surface area contributed by atoms with E-state index < -0.39 is 8.07 Å². The van der Waals surface area contributed by atoms with Crippen molar-refractivity contribution in [3.63, 3.8) is 0 Å². The van der Waals surface area contributed by atoms with Crippen LogP contribution in [0, 0.1) is 12.3 Å². The zero-order valence-electron chi connectivity index (χ0n) is 15.5. The molecule has 0 aromatic heterocycles. The molecule has 2 aliphatic rings. The lowest BCUT2D eigenvalue weighted by Gasteiger charge is -2.40. The zero-order chi connectivity index (χ0) is 17.0. The SMILES string of the molecule is CC1=C2C[C@H](O)C[C@]2(C)CC([Si](C)(C)C)=C1c1cccc(C)c1. The summed E-state index contributed by atoms with van der Waals surface area (Å²) < 4.78 is 0. The summed E-state index contributed by atoms with van der Waals surface area (Å²) >= 11 is 0. The lowest BCUT2D eigenvalue weighted by molar-refractivity contribution is 0.164. The fraction of sp³-hybridized carbons (Fsp3) is 0.524. The average Bonchev–Trinajstić information content (AvgIpc) is 2.72. The second-order valence-electron chi connectivity index (χ2n) is 8.88. The van der Waals surface area contributed by atoms with Gasteiger partial charge in [0.25, 0.3) is 0 Å². The van der Waals surface area contributed by atoms with E-state index in [1.807, 2.05) is 0 Å². The van der Waals surface area contributed by atoms with Gasteiger partial charge < -0.3 is 5.11 Å². The summed E-state index contributed by atoms with van der Waals surface area (Å²) in [6, 6.07) is 8.94. The molecule has 0 heterocycles. The molecule has 2 aliphatic carbocycles. The van der Waals surface area contributed by atoms with Crippen molar-refractivity contribution in [1.29, 1.82) is 0 Å². The van der Waals surface area contributed by atoms with Gasteiger partial charge in [-0.25, -0.2) is 0 Å². The highest BCUT2D eigenvalue weighted by atomic mass is 28.3. The van der Waals surface area contributed by atoms with Crippen LogP contribution in [0.1, 0.15) is 44.2 Å². The first kappa shape index (κ1) is 16.7. The first-order chi connectivity index (χ1) is 10.6. The lowest BCUT2D eigenvalue weighted by Crippen LogP contribution is -2.33. The van der Waals surface area contributed by atoms with E-state index in [9.17, 15) is 5.11 Å². The van der Waals surface area contributed by atoms with E-state index in [0.29, 0.717) is 0 Å². The number of fused-ring (bicyclic) bond motifs is 1. The minimum atomic E-state index is -1.43. The van der Waals surface area contributed by atoms with Crippen LogP contribution in [0.15, 0.2) is 40.6 Å². The fourth-order valence-electron chi connectivity index (χ4n) is 4.67. The van der Waals surface area contributed by atoms with Crippen molar-refractivity contribution in [2.75, 3.05) is 0 Å². The first-order valence-corrected chi connectivity index (χ1v) is 12.3. The molecule has 2 heteroatoms. The summed E-state index contributed by atoms with van der Waals surface area (Å²) in [5, 5.41) is 12.0. The topological polar surface area (TPSA) is 20.2 Å². The Morgan fingerprint density at radius 3 is 2.48 bits per heavy atom. The van der Waals surface area contributed by atoms with Crippen molar-refractivity contribution in [3.8, 4) is 0 Å². The predicted octanol–water partition coefficient (Wildman–Crippen LogP) is 5.51. The van der Waals surface area contributed by atoms with Crippen molar-refractivity contribution in [1.82, 2.24) is 0 Å². The van der Waals surface area contributed by atoms with E-state index in [1.165, 1.54) is 27.8 Å². The van der Waals surface area contributed by atoms with Crippen LogP contribution in [-0.2, 0) is 0 Å². The number of aliphatic hydroxyl groups is 1. The second-order valence-corrected chi connectivity index (χ2v) is 14.0. The maximum Gasteiger partial charge on any atom is 0.0733 e. The number of hydrogen-bond donors (Lipinski definition) is 1. The van der Waals surface area contributed by atoms with Crippen LogP contribution < -0.4 is 0 Å². The van der Waals surface area contributed by atoms with Gasteiger partial charge in [0.1, 0.15) is 0 Å². The molecule has 0 bridgehead atoms. The number of rotatable bonds is 2. The Morgan fingerprint density at radius 2 is 1.87 bits per heavy atom. The third-order valence-electron chi connectivity index (χ3n) is 5.76. The molecule has 124 valence electrons. The molecule has 1 fully saturated rings. The highest BCUT2D eigenvalue weighted by molar-refractivity contribution is 6.84. The summed E-state index contributed by atoms with van der Waals surface area (Å²) in [4.78, 5) is 0. The van der Waals surface area contributed by atoms with E-state index in [2.05, 4.69) is 64.7 Å². The summed E-state index contributed by atoms with van der Waals surface area (Å²) in [6.07, 6.45) is 2.76. The van der Waals surface area contributed by atoms with E-state index in [0.717, 1.165) is 19.3 Å². The van der Waals surface area contributed by atoms with Crippen LogP contribution in [0.5, 0.6) is 0 Å². The summed E-state index contributed by atoms with van der Waals surface area (Å²) in [7, 11) is -1.43. The van der Waals surface area contributed by atoms with Gasteiger partial charge in [0.05, 0.1) is 14.2 Å². The maximum atomic E-state index is 10.3. The third-order valence-corrected chi connectivity index (χ3v) is 8.00. The molecule has 1 nitrogen and oxygen atoms in total. The van der Waals surface area contributed by atoms with E-state index >= 15 is 0 Å². The average molecular weight is 327 g/mol. The monoisotopic (exact) mass is 326 g/mol. The van der Waals surface area contributed by atoms with E-state index in [4.69, 9.17) is 0 Å². The minimum Gasteiger partial charge on any atom is -0.393 e. The number of benzene rings is 1. The Labute approximate surface area is 142 Å². The van der Waals surface area contributed by atoms with Gasteiger partial charge in [-0.1, -0.05) is 67.2 Å². The highest BCUT2D eigenvalue weighted by Gasteiger charge is 2.45. The van der Waals surface area contributed by atoms with E-state index in [-0.39, 0.29) is 11.5 Å². The molecule has 0 aliphatic heterocycles. The summed E-state index contributed by atoms with van der Waals surface area (Å²) in [6.45, 7) is 14.2. The van der Waals surface area contributed by atoms with Crippen LogP contribution in [0.3, 0.4) is 0 Å². The zero-order valence-corrected chi connectivity index (χ0v) is 16.5. The summed E-state index contributed by atoms with van der Waals surface area (Å²) in [5.41, 5.74) is 7.31. The Balaban J connectivity index is 2.25. The van der Waals surface area contributed by atoms with Gasteiger partial charge in [0.15, 0.2) is 0 Å². The Bertz CT molecular complexity index is 705. The predicted molar refractivity (Wildman–Crippen MR) is 102 cm³/mol. The van der Waals surface area contributed by atoms with Gasteiger partial charge in [-0.2, -0.15) is 0 Å². The van der Waals surface area contributed by atoms with Crippen LogP contribution in [0.25, 0.3) is 5.57 Å². The molecule has 1 saturated carbocycles. The maximum absolute atomic E-state index is 10.3. The van der Waals surface area contributed by atoms with Crippen molar-refractivity contribution in [3.05, 3.63) is 51.7 Å². The van der Waals surface area contributed by atoms with Gasteiger partial charge >= 0.3 is 0 Å². The molecular weight excluding hydrogens is 296 g/mol. The van der Waals surface area contributed by atoms with Gasteiger partial charge in [-0.3, -0.25) is 0 Å². The van der Waals surface area contributed by atoms with Gasteiger partial charge in [0, 0.05) is 0 Å². The third kappa shape index (κ3) is 2.87. The molecule has 0 unspecified atom stereocenters. The molecule has 23 heavy (non-hydrogen) atoms. The molecule has 0 spiro atoms. The van der Waals surface area contributed by atoms with Gasteiger partial charge in [-0.15, -0.1) is 0 Å². The van der Waals surface area contributed by atoms with Crippen LogP contribution in [0.4, 0.5) is 0 Å². The number of hydrogen-bond acceptors (Lipinski definition) is 1. The Kier molecular flexibility index (Phi) is 3.97. The second kappa shape index (κ2) is 5.46. The minimum absolute atomic E-state index is 0.162. The number of aliphatic hydroxyl groups excluding tert-OH is 1. The molecule has 0 amide bonds. The van der Waals surface area contributed by atoms with Crippen molar-refractivity contribution < 1.29 is 5.11 Å². The molecular formula is C21H30OSi. The molecule has 1 N–H and O–H groups in total. The smallest absolute Gasteiger partial charge is 0.0733 e. The number of allylic oxidation sites excluding steroid dienone is 3. The Morgan fingerprint density at radius 1 is 1.17 bits per heavy atom. The van der Waals surface area contributed by atoms with Crippen LogP contribution >= 0.6 is 0 Å². The molecule has 2 atom stereocenters. The van der Waals surface area contributed by atoms with Crippen LogP contribution in [0.2, 0.25) is 19.6 Å².